The van der Waals surface area contributed by atoms with Gasteiger partial charge in [0.2, 0.25) is 0 Å². The maximum Gasteiger partial charge on any atom is 0.0650 e. The molecular formula is C23H17ClN2S. The molecule has 1 aromatic heterocycles. The number of anilines is 2. The Hall–Kier alpha value is -2.75. The summed E-state index contributed by atoms with van der Waals surface area (Å²) in [5.74, 6) is 0. The topological polar surface area (TPSA) is 24.9 Å². The molecule has 1 heterocycles. The number of nitrogens with one attached hydrogen (secondary N) is 1. The van der Waals surface area contributed by atoms with Gasteiger partial charge in [-0.2, -0.15) is 0 Å². The van der Waals surface area contributed by atoms with Crippen LogP contribution in [0.1, 0.15) is 16.7 Å². The van der Waals surface area contributed by atoms with Gasteiger partial charge < -0.3 is 5.32 Å². The van der Waals surface area contributed by atoms with Crippen LogP contribution in [0.3, 0.4) is 0 Å². The van der Waals surface area contributed by atoms with Gasteiger partial charge in [0.05, 0.1) is 21.8 Å². The van der Waals surface area contributed by atoms with Gasteiger partial charge in [0, 0.05) is 28.2 Å². The summed E-state index contributed by atoms with van der Waals surface area (Å²) < 4.78 is 0. The predicted molar refractivity (Wildman–Crippen MR) is 118 cm³/mol. The number of halogens is 1. The molecule has 0 bridgehead atoms. The molecular weight excluding hydrogens is 372 g/mol. The largest absolute Gasteiger partial charge is 0.354 e. The fourth-order valence-electron chi connectivity index (χ4n) is 3.12. The highest BCUT2D eigenvalue weighted by Crippen LogP contribution is 2.29. The molecule has 1 N–H and O–H groups in total. The van der Waals surface area contributed by atoms with Crippen LogP contribution in [0, 0.1) is 6.92 Å². The van der Waals surface area contributed by atoms with E-state index in [0.717, 1.165) is 43.7 Å². The molecule has 0 fully saturated rings. The zero-order valence-corrected chi connectivity index (χ0v) is 16.3. The van der Waals surface area contributed by atoms with E-state index >= 15 is 0 Å². The summed E-state index contributed by atoms with van der Waals surface area (Å²) in [7, 11) is 0. The number of fused-ring (bicyclic) bond motifs is 1. The molecule has 3 aromatic carbocycles. The van der Waals surface area contributed by atoms with Gasteiger partial charge in [-0.1, -0.05) is 72.3 Å². The number of benzene rings is 3. The number of aryl methyl sites for hydroxylation is 1. The monoisotopic (exact) mass is 388 g/mol. The summed E-state index contributed by atoms with van der Waals surface area (Å²) in [5, 5.41) is 6.24. The van der Waals surface area contributed by atoms with Crippen molar-refractivity contribution < 1.29 is 0 Å². The summed E-state index contributed by atoms with van der Waals surface area (Å²) in [5.41, 5.74) is 4.88. The Morgan fingerprint density at radius 3 is 2.52 bits per heavy atom. The van der Waals surface area contributed by atoms with Crippen molar-refractivity contribution in [1.29, 1.82) is 0 Å². The van der Waals surface area contributed by atoms with Crippen LogP contribution < -0.4 is 5.32 Å². The number of pyridine rings is 1. The molecule has 2 nitrogen and oxygen atoms in total. The molecule has 132 valence electrons. The quantitative estimate of drug-likeness (QED) is 0.310. The second-order valence-electron chi connectivity index (χ2n) is 6.37. The lowest BCUT2D eigenvalue weighted by Gasteiger charge is -2.13. The van der Waals surface area contributed by atoms with E-state index in [2.05, 4.69) is 29.4 Å². The van der Waals surface area contributed by atoms with Crippen LogP contribution in [-0.4, -0.2) is 9.85 Å². The summed E-state index contributed by atoms with van der Waals surface area (Å²) >= 11 is 12.3. The minimum Gasteiger partial charge on any atom is -0.354 e. The molecule has 27 heavy (non-hydrogen) atoms. The minimum absolute atomic E-state index is 0.626. The molecule has 4 rings (SSSR count). The van der Waals surface area contributed by atoms with E-state index in [4.69, 9.17) is 23.8 Å². The number of aromatic nitrogens is 1. The maximum absolute atomic E-state index is 6.57. The fourth-order valence-corrected chi connectivity index (χ4v) is 3.86. The van der Waals surface area contributed by atoms with Crippen LogP contribution in [-0.2, 0) is 0 Å². The first-order valence-electron chi connectivity index (χ1n) is 8.63. The molecule has 0 amide bonds. The zero-order chi connectivity index (χ0) is 18.8. The maximum atomic E-state index is 6.57. The van der Waals surface area contributed by atoms with Crippen molar-refractivity contribution in [2.24, 2.45) is 0 Å². The van der Waals surface area contributed by atoms with Crippen LogP contribution in [0.2, 0.25) is 5.02 Å². The Morgan fingerprint density at radius 2 is 1.70 bits per heavy atom. The average Bonchev–Trinajstić information content (AvgIpc) is 2.68. The SMILES string of the molecule is Cc1ccccc1C(=S)c1ccc(Nc2cncc3ccccc23)cc1Cl. The number of hydrogen-bond acceptors (Lipinski definition) is 3. The highest BCUT2D eigenvalue weighted by molar-refractivity contribution is 7.81. The van der Waals surface area contributed by atoms with E-state index in [9.17, 15) is 0 Å². The van der Waals surface area contributed by atoms with Crippen LogP contribution in [0.25, 0.3) is 10.8 Å². The van der Waals surface area contributed by atoms with Crippen LogP contribution in [0.5, 0.6) is 0 Å². The Bertz CT molecular complexity index is 1150. The second-order valence-corrected chi connectivity index (χ2v) is 7.19. The van der Waals surface area contributed by atoms with E-state index in [1.54, 1.807) is 0 Å². The Balaban J connectivity index is 1.66. The number of hydrogen-bond donors (Lipinski definition) is 1. The number of rotatable bonds is 4. The molecule has 0 aliphatic carbocycles. The summed E-state index contributed by atoms with van der Waals surface area (Å²) in [4.78, 5) is 5.07. The predicted octanol–water partition coefficient (Wildman–Crippen LogP) is 6.71. The Kier molecular flexibility index (Phi) is 4.88. The van der Waals surface area contributed by atoms with E-state index in [-0.39, 0.29) is 0 Å². The van der Waals surface area contributed by atoms with E-state index < -0.39 is 0 Å². The molecule has 0 saturated carbocycles. The molecule has 4 aromatic rings. The lowest BCUT2D eigenvalue weighted by molar-refractivity contribution is 1.35. The van der Waals surface area contributed by atoms with Crippen molar-refractivity contribution in [2.45, 2.75) is 6.92 Å². The average molecular weight is 389 g/mol. The van der Waals surface area contributed by atoms with Crippen molar-refractivity contribution in [3.05, 3.63) is 101 Å². The van der Waals surface area contributed by atoms with Gasteiger partial charge >= 0.3 is 0 Å². The first kappa shape index (κ1) is 17.7. The van der Waals surface area contributed by atoms with Crippen LogP contribution >= 0.6 is 23.8 Å². The van der Waals surface area contributed by atoms with E-state index in [1.165, 1.54) is 0 Å². The lowest BCUT2D eigenvalue weighted by Crippen LogP contribution is -2.03. The van der Waals surface area contributed by atoms with Crippen molar-refractivity contribution in [3.63, 3.8) is 0 Å². The van der Waals surface area contributed by atoms with Crippen molar-refractivity contribution in [1.82, 2.24) is 4.98 Å². The van der Waals surface area contributed by atoms with E-state index in [1.807, 2.05) is 67.0 Å². The smallest absolute Gasteiger partial charge is 0.0650 e. The first-order valence-corrected chi connectivity index (χ1v) is 9.42. The molecule has 0 radical (unpaired) electrons. The van der Waals surface area contributed by atoms with Gasteiger partial charge in [-0.3, -0.25) is 4.98 Å². The molecule has 0 saturated heterocycles. The van der Waals surface area contributed by atoms with Gasteiger partial charge in [-0.25, -0.2) is 0 Å². The summed E-state index contributed by atoms with van der Waals surface area (Å²) in [6, 6.07) is 22.1. The highest BCUT2D eigenvalue weighted by Gasteiger charge is 2.12. The molecule has 0 unspecified atom stereocenters. The van der Waals surface area contributed by atoms with Gasteiger partial charge in [0.15, 0.2) is 0 Å². The number of thiocarbonyl (C=S) groups is 1. The van der Waals surface area contributed by atoms with Gasteiger partial charge in [-0.05, 0) is 36.2 Å². The third-order valence-electron chi connectivity index (χ3n) is 4.55. The molecule has 0 aliphatic rings. The minimum atomic E-state index is 0.626. The van der Waals surface area contributed by atoms with Crippen molar-refractivity contribution in [2.75, 3.05) is 5.32 Å². The standard InChI is InChI=1S/C23H17ClN2S/c1-15-6-2-4-8-18(15)23(27)20-11-10-17(12-21(20)24)26-22-14-25-13-16-7-3-5-9-19(16)22/h2-14,26H,1H3. The third-order valence-corrected chi connectivity index (χ3v) is 5.30. The van der Waals surface area contributed by atoms with Crippen molar-refractivity contribution >= 4 is 50.8 Å². The van der Waals surface area contributed by atoms with Gasteiger partial charge in [-0.15, -0.1) is 0 Å². The first-order chi connectivity index (χ1) is 13.1. The zero-order valence-electron chi connectivity index (χ0n) is 14.7. The Morgan fingerprint density at radius 1 is 0.926 bits per heavy atom. The fraction of sp³-hybridized carbons (Fsp3) is 0.0435. The number of nitrogens with zero attached hydrogens (tertiary/aromatic N) is 1. The lowest BCUT2D eigenvalue weighted by atomic mass is 10.00. The second kappa shape index (κ2) is 7.47. The summed E-state index contributed by atoms with van der Waals surface area (Å²) in [6.45, 7) is 2.05. The Labute approximate surface area is 168 Å². The summed E-state index contributed by atoms with van der Waals surface area (Å²) in [6.07, 6.45) is 3.68. The third kappa shape index (κ3) is 3.57. The molecule has 4 heteroatoms. The normalized spacial score (nSPS) is 10.7. The van der Waals surface area contributed by atoms with Crippen molar-refractivity contribution in [3.8, 4) is 0 Å². The van der Waals surface area contributed by atoms with E-state index in [0.29, 0.717) is 5.02 Å². The van der Waals surface area contributed by atoms with Crippen LogP contribution in [0.4, 0.5) is 11.4 Å². The molecule has 0 atom stereocenters. The van der Waals surface area contributed by atoms with Crippen LogP contribution in [0.15, 0.2) is 79.1 Å². The van der Waals surface area contributed by atoms with Gasteiger partial charge in [0.1, 0.15) is 0 Å². The highest BCUT2D eigenvalue weighted by atomic mass is 35.5. The van der Waals surface area contributed by atoms with Gasteiger partial charge in [0.25, 0.3) is 0 Å². The molecule has 0 spiro atoms. The molecule has 0 aliphatic heterocycles.